The number of carboxylic acids is 1. The van der Waals surface area contributed by atoms with Crippen molar-refractivity contribution in [1.29, 1.82) is 0 Å². The van der Waals surface area contributed by atoms with Gasteiger partial charge in [0.1, 0.15) is 5.76 Å². The minimum atomic E-state index is -1.20. The van der Waals surface area contributed by atoms with E-state index in [1.807, 2.05) is 12.1 Å². The molecular formula is C29H36N6O7. The van der Waals surface area contributed by atoms with Gasteiger partial charge >= 0.3 is 11.9 Å². The van der Waals surface area contributed by atoms with Crippen molar-refractivity contribution in [3.05, 3.63) is 65.4 Å². The summed E-state index contributed by atoms with van der Waals surface area (Å²) >= 11 is 0. The Bertz CT molecular complexity index is 1440. The van der Waals surface area contributed by atoms with E-state index in [0.717, 1.165) is 19.3 Å². The second kappa shape index (κ2) is 15.4. The van der Waals surface area contributed by atoms with Crippen LogP contribution in [-0.2, 0) is 17.6 Å². The second-order valence-electron chi connectivity index (χ2n) is 9.23. The van der Waals surface area contributed by atoms with Crippen LogP contribution >= 0.6 is 0 Å². The number of carbonyl (C=O) groups is 2. The minimum Gasteiger partial charge on any atom is -0.505 e. The molecule has 42 heavy (non-hydrogen) atoms. The number of aromatic carboxylic acids is 1. The number of para-hydroxylation sites is 1. The molecule has 224 valence electrons. The third-order valence-corrected chi connectivity index (χ3v) is 6.23. The third-order valence-electron chi connectivity index (χ3n) is 6.23. The average molecular weight is 581 g/mol. The zero-order chi connectivity index (χ0) is 30.6. The van der Waals surface area contributed by atoms with Crippen molar-refractivity contribution < 1.29 is 34.4 Å². The predicted molar refractivity (Wildman–Crippen MR) is 160 cm³/mol. The summed E-state index contributed by atoms with van der Waals surface area (Å²) in [5.74, 6) is -1.80. The van der Waals surface area contributed by atoms with Gasteiger partial charge in [0, 0.05) is 13.1 Å². The highest BCUT2D eigenvalue weighted by Crippen LogP contribution is 2.36. The number of furan rings is 1. The molecule has 5 rings (SSSR count). The number of aliphatic hydroxyl groups excluding tert-OH is 2. The summed E-state index contributed by atoms with van der Waals surface area (Å²) in [7, 11) is 0. The Morgan fingerprint density at radius 1 is 1.05 bits per heavy atom. The molecule has 0 spiro atoms. The standard InChI is InChI=1S/C25H22N4O5.2C2H7NO/c1-14-22(24(31)29(28-14)17-10-9-15-5-2-3-6-16(15)13-17)27-26-19-8-4-7-18(23(19)30)20-11-12-21(34-20)25(32)33;2*3-1-2-4/h4,7-13,26,30H,2-3,5-6H2,1H3,(H,32,33);2*4H,1-3H2. The summed E-state index contributed by atoms with van der Waals surface area (Å²) < 4.78 is 5.28. The number of nitrogens with two attached hydrogens (primary N) is 2. The number of anilines is 2. The smallest absolute Gasteiger partial charge is 0.371 e. The molecule has 1 aromatic heterocycles. The molecule has 2 heterocycles. The molecule has 2 aliphatic rings. The Balaban J connectivity index is 0.000000540. The van der Waals surface area contributed by atoms with Crippen molar-refractivity contribution in [1.82, 2.24) is 0 Å². The van der Waals surface area contributed by atoms with Gasteiger partial charge in [-0.05, 0) is 80.1 Å². The van der Waals surface area contributed by atoms with Crippen LogP contribution in [0.1, 0.15) is 41.4 Å². The third kappa shape index (κ3) is 7.79. The summed E-state index contributed by atoms with van der Waals surface area (Å²) in [6.07, 6.45) is 4.38. The molecule has 1 aliphatic heterocycles. The molecule has 0 fully saturated rings. The van der Waals surface area contributed by atoms with E-state index in [9.17, 15) is 14.7 Å². The van der Waals surface area contributed by atoms with Crippen LogP contribution in [0.4, 0.5) is 11.4 Å². The van der Waals surface area contributed by atoms with E-state index in [1.54, 1.807) is 25.1 Å². The number of carboxylic acid groups (broad SMARTS) is 1. The lowest BCUT2D eigenvalue weighted by Gasteiger charge is -2.19. The number of nitrogens with one attached hydrogen (secondary N) is 1. The van der Waals surface area contributed by atoms with E-state index < -0.39 is 5.97 Å². The molecule has 1 aliphatic carbocycles. The minimum absolute atomic E-state index is 0.0972. The Kier molecular flexibility index (Phi) is 11.8. The van der Waals surface area contributed by atoms with Gasteiger partial charge in [-0.1, -0.05) is 12.1 Å². The van der Waals surface area contributed by atoms with Crippen molar-refractivity contribution >= 4 is 34.7 Å². The van der Waals surface area contributed by atoms with Crippen molar-refractivity contribution in [2.75, 3.05) is 36.7 Å². The number of hydrogen-bond donors (Lipinski definition) is 7. The van der Waals surface area contributed by atoms with Gasteiger partial charge in [-0.3, -0.25) is 10.2 Å². The van der Waals surface area contributed by atoms with Crippen LogP contribution in [0.15, 0.2) is 63.2 Å². The maximum atomic E-state index is 13.1. The molecule has 9 N–H and O–H groups in total. The lowest BCUT2D eigenvalue weighted by atomic mass is 9.91. The molecule has 0 bridgehead atoms. The highest BCUT2D eigenvalue weighted by atomic mass is 16.4. The SMILES string of the molecule is CC1=NN(c2ccc3c(c2)CCCC3)C(=O)C1=NNc1cccc(-c2ccc(C(=O)O)o2)c1O.NCCO.NCCO. The fraction of sp³-hybridized carbons (Fsp3) is 0.310. The van der Waals surface area contributed by atoms with E-state index in [-0.39, 0.29) is 53.4 Å². The Labute approximate surface area is 242 Å². The van der Waals surface area contributed by atoms with Crippen LogP contribution in [-0.4, -0.2) is 70.0 Å². The molecule has 0 radical (unpaired) electrons. The maximum Gasteiger partial charge on any atom is 0.371 e. The largest absolute Gasteiger partial charge is 0.505 e. The number of benzene rings is 2. The van der Waals surface area contributed by atoms with Gasteiger partial charge in [-0.15, -0.1) is 0 Å². The average Bonchev–Trinajstić information content (AvgIpc) is 3.61. The summed E-state index contributed by atoms with van der Waals surface area (Å²) in [5.41, 5.74) is 16.7. The first kappa shape index (κ1) is 32.0. The van der Waals surface area contributed by atoms with Crippen LogP contribution in [0.25, 0.3) is 11.3 Å². The lowest BCUT2D eigenvalue weighted by molar-refractivity contribution is -0.112. The van der Waals surface area contributed by atoms with E-state index in [1.165, 1.54) is 34.7 Å². The first-order chi connectivity index (χ1) is 20.2. The highest BCUT2D eigenvalue weighted by molar-refractivity contribution is 6.71. The number of phenolic OH excluding ortho intramolecular Hbond substituents is 1. The zero-order valence-corrected chi connectivity index (χ0v) is 23.3. The molecule has 0 atom stereocenters. The van der Waals surface area contributed by atoms with Gasteiger partial charge in [0.25, 0.3) is 0 Å². The highest BCUT2D eigenvalue weighted by Gasteiger charge is 2.31. The van der Waals surface area contributed by atoms with Crippen molar-refractivity contribution in [2.45, 2.75) is 32.6 Å². The van der Waals surface area contributed by atoms with E-state index in [0.29, 0.717) is 24.5 Å². The Morgan fingerprint density at radius 2 is 1.71 bits per heavy atom. The number of carbonyl (C=O) groups excluding carboxylic acids is 1. The van der Waals surface area contributed by atoms with Gasteiger partial charge < -0.3 is 36.3 Å². The van der Waals surface area contributed by atoms with E-state index >= 15 is 0 Å². The fourth-order valence-corrected chi connectivity index (χ4v) is 4.20. The van der Waals surface area contributed by atoms with Crippen LogP contribution in [0.3, 0.4) is 0 Å². The monoisotopic (exact) mass is 580 g/mol. The van der Waals surface area contributed by atoms with Crippen molar-refractivity contribution in [3.63, 3.8) is 0 Å². The summed E-state index contributed by atoms with van der Waals surface area (Å²) in [6.45, 7) is 2.64. The molecule has 1 amide bonds. The zero-order valence-electron chi connectivity index (χ0n) is 23.3. The van der Waals surface area contributed by atoms with Crippen molar-refractivity contribution in [3.8, 4) is 17.1 Å². The number of aliphatic hydroxyl groups is 2. The summed E-state index contributed by atoms with van der Waals surface area (Å²) in [4.78, 5) is 24.1. The van der Waals surface area contributed by atoms with Crippen LogP contribution in [0, 0.1) is 0 Å². The quantitative estimate of drug-likeness (QED) is 0.160. The molecule has 0 saturated heterocycles. The van der Waals surface area contributed by atoms with Gasteiger partial charge in [0.15, 0.2) is 11.5 Å². The number of phenols is 1. The van der Waals surface area contributed by atoms with Gasteiger partial charge in [-0.25, -0.2) is 4.79 Å². The van der Waals surface area contributed by atoms with E-state index in [2.05, 4.69) is 21.7 Å². The number of hydrogen-bond acceptors (Lipinski definition) is 11. The van der Waals surface area contributed by atoms with Gasteiger partial charge in [0.2, 0.25) is 5.76 Å². The van der Waals surface area contributed by atoms with E-state index in [4.69, 9.17) is 31.2 Å². The van der Waals surface area contributed by atoms with Gasteiger partial charge in [0.05, 0.1) is 35.9 Å². The van der Waals surface area contributed by atoms with Crippen LogP contribution in [0.5, 0.6) is 5.75 Å². The number of aryl methyl sites for hydroxylation is 2. The first-order valence-electron chi connectivity index (χ1n) is 13.4. The maximum absolute atomic E-state index is 13.1. The Hall–Kier alpha value is -4.56. The van der Waals surface area contributed by atoms with Crippen molar-refractivity contribution in [2.24, 2.45) is 21.7 Å². The summed E-state index contributed by atoms with van der Waals surface area (Å²) in [5, 5.41) is 45.2. The number of rotatable bonds is 7. The van der Waals surface area contributed by atoms with Crippen LogP contribution < -0.4 is 21.9 Å². The predicted octanol–water partition coefficient (Wildman–Crippen LogP) is 2.29. The molecule has 2 aromatic carbocycles. The molecule has 13 nitrogen and oxygen atoms in total. The molecule has 3 aromatic rings. The number of nitrogens with zero attached hydrogens (tertiary/aromatic N) is 3. The first-order valence-corrected chi connectivity index (χ1v) is 13.4. The summed E-state index contributed by atoms with van der Waals surface area (Å²) in [6, 6.07) is 13.6. The number of fused-ring (bicyclic) bond motifs is 1. The molecular weight excluding hydrogens is 544 g/mol. The normalized spacial score (nSPS) is 14.8. The number of hydrazone groups is 2. The molecule has 13 heteroatoms. The lowest BCUT2D eigenvalue weighted by Crippen LogP contribution is -2.28. The van der Waals surface area contributed by atoms with Crippen LogP contribution in [0.2, 0.25) is 0 Å². The van der Waals surface area contributed by atoms with Gasteiger partial charge in [-0.2, -0.15) is 15.2 Å². The second-order valence-corrected chi connectivity index (χ2v) is 9.23. The molecule has 0 unspecified atom stereocenters. The fourth-order valence-electron chi connectivity index (χ4n) is 4.20. The Morgan fingerprint density at radius 3 is 2.33 bits per heavy atom. The molecule has 0 saturated carbocycles. The number of amides is 1. The number of aromatic hydroxyl groups is 1. The topological polar surface area (TPSA) is 220 Å².